The Morgan fingerprint density at radius 2 is 2.16 bits per heavy atom. The van der Waals surface area contributed by atoms with E-state index in [1.54, 1.807) is 0 Å². The largest absolute Gasteiger partial charge is 0.493 e. The molecule has 1 N–H and O–H groups in total. The normalized spacial score (nSPS) is 13.2. The summed E-state index contributed by atoms with van der Waals surface area (Å²) >= 11 is 0. The zero-order valence-electron chi connectivity index (χ0n) is 11.2. The van der Waals surface area contributed by atoms with Gasteiger partial charge in [0.25, 0.3) is 0 Å². The van der Waals surface area contributed by atoms with Crippen molar-refractivity contribution in [1.29, 1.82) is 0 Å². The van der Waals surface area contributed by atoms with Crippen molar-refractivity contribution in [1.82, 2.24) is 15.3 Å². The van der Waals surface area contributed by atoms with Crippen LogP contribution in [0.1, 0.15) is 17.1 Å². The molecule has 3 rings (SSSR count). The Morgan fingerprint density at radius 3 is 3.00 bits per heavy atom. The number of aromatic nitrogens is 2. The van der Waals surface area contributed by atoms with Crippen molar-refractivity contribution >= 4 is 0 Å². The number of nitrogens with one attached hydrogen (secondary N) is 1. The van der Waals surface area contributed by atoms with E-state index in [1.807, 2.05) is 26.1 Å². The quantitative estimate of drug-likeness (QED) is 0.912. The van der Waals surface area contributed by atoms with Crippen LogP contribution in [0.15, 0.2) is 24.3 Å². The van der Waals surface area contributed by atoms with Gasteiger partial charge < -0.3 is 10.1 Å². The number of rotatable bonds is 3. The van der Waals surface area contributed by atoms with Crippen LogP contribution in [0.2, 0.25) is 0 Å². The molecule has 98 valence electrons. The van der Waals surface area contributed by atoms with Gasteiger partial charge in [0, 0.05) is 17.7 Å². The van der Waals surface area contributed by atoms with Gasteiger partial charge in [0.05, 0.1) is 18.8 Å². The van der Waals surface area contributed by atoms with E-state index in [-0.39, 0.29) is 0 Å². The van der Waals surface area contributed by atoms with Crippen LogP contribution in [0, 0.1) is 6.92 Å². The summed E-state index contributed by atoms with van der Waals surface area (Å²) in [4.78, 5) is 9.03. The summed E-state index contributed by atoms with van der Waals surface area (Å²) < 4.78 is 5.53. The van der Waals surface area contributed by atoms with E-state index in [0.717, 1.165) is 41.6 Å². The molecule has 2 aromatic rings. The molecule has 0 amide bonds. The Balaban J connectivity index is 2.01. The van der Waals surface area contributed by atoms with Gasteiger partial charge in [-0.2, -0.15) is 0 Å². The summed E-state index contributed by atoms with van der Waals surface area (Å²) in [6, 6.07) is 8.30. The lowest BCUT2D eigenvalue weighted by molar-refractivity contribution is 0.357. The Hall–Kier alpha value is -1.94. The molecule has 0 radical (unpaired) electrons. The highest BCUT2D eigenvalue weighted by atomic mass is 16.5. The van der Waals surface area contributed by atoms with E-state index in [2.05, 4.69) is 27.4 Å². The van der Waals surface area contributed by atoms with Gasteiger partial charge in [-0.25, -0.2) is 9.97 Å². The van der Waals surface area contributed by atoms with Gasteiger partial charge in [-0.1, -0.05) is 0 Å². The van der Waals surface area contributed by atoms with Crippen LogP contribution in [0.5, 0.6) is 5.75 Å². The molecule has 0 aliphatic carbocycles. The van der Waals surface area contributed by atoms with Crippen molar-refractivity contribution < 1.29 is 4.74 Å². The average Bonchev–Trinajstić information content (AvgIpc) is 2.85. The fourth-order valence-corrected chi connectivity index (χ4v) is 2.36. The van der Waals surface area contributed by atoms with E-state index in [1.165, 1.54) is 5.56 Å². The SMILES string of the molecule is CNCc1nc(C)cc(-c2ccc3c(c2)CCO3)n1. The second-order valence-corrected chi connectivity index (χ2v) is 4.76. The Bertz CT molecular complexity index is 610. The molecule has 0 fully saturated rings. The fourth-order valence-electron chi connectivity index (χ4n) is 2.36. The van der Waals surface area contributed by atoms with Crippen LogP contribution in [-0.2, 0) is 13.0 Å². The molecular weight excluding hydrogens is 238 g/mol. The third-order valence-corrected chi connectivity index (χ3v) is 3.22. The second-order valence-electron chi connectivity index (χ2n) is 4.76. The van der Waals surface area contributed by atoms with E-state index in [4.69, 9.17) is 4.74 Å². The van der Waals surface area contributed by atoms with Gasteiger partial charge in [0.2, 0.25) is 0 Å². The molecule has 0 bridgehead atoms. The first-order chi connectivity index (χ1) is 9.26. The summed E-state index contributed by atoms with van der Waals surface area (Å²) in [6.07, 6.45) is 0.983. The van der Waals surface area contributed by atoms with Crippen LogP contribution in [-0.4, -0.2) is 23.6 Å². The molecule has 0 atom stereocenters. The molecule has 19 heavy (non-hydrogen) atoms. The maximum Gasteiger partial charge on any atom is 0.143 e. The van der Waals surface area contributed by atoms with Gasteiger partial charge in [-0.15, -0.1) is 0 Å². The number of aryl methyl sites for hydroxylation is 1. The maximum atomic E-state index is 5.53. The number of fused-ring (bicyclic) bond motifs is 1. The van der Waals surface area contributed by atoms with E-state index in [0.29, 0.717) is 6.54 Å². The average molecular weight is 255 g/mol. The molecule has 0 saturated heterocycles. The highest BCUT2D eigenvalue weighted by Gasteiger charge is 2.13. The van der Waals surface area contributed by atoms with Crippen molar-refractivity contribution in [2.75, 3.05) is 13.7 Å². The Morgan fingerprint density at radius 1 is 1.26 bits per heavy atom. The monoisotopic (exact) mass is 255 g/mol. The fraction of sp³-hybridized carbons (Fsp3) is 0.333. The lowest BCUT2D eigenvalue weighted by Gasteiger charge is -2.07. The highest BCUT2D eigenvalue weighted by Crippen LogP contribution is 2.29. The molecule has 1 aliphatic rings. The zero-order chi connectivity index (χ0) is 13.2. The molecular formula is C15H17N3O. The maximum absolute atomic E-state index is 5.53. The number of nitrogens with zero attached hydrogens (tertiary/aromatic N) is 2. The number of benzene rings is 1. The van der Waals surface area contributed by atoms with Crippen molar-refractivity contribution in [2.45, 2.75) is 19.9 Å². The first kappa shape index (κ1) is 12.1. The second kappa shape index (κ2) is 4.97. The van der Waals surface area contributed by atoms with Crippen LogP contribution >= 0.6 is 0 Å². The van der Waals surface area contributed by atoms with E-state index >= 15 is 0 Å². The molecule has 1 aromatic heterocycles. The van der Waals surface area contributed by atoms with Gasteiger partial charge in [0.1, 0.15) is 11.6 Å². The molecule has 1 aromatic carbocycles. The van der Waals surface area contributed by atoms with Crippen molar-refractivity contribution in [3.05, 3.63) is 41.3 Å². The standard InChI is InChI=1S/C15H17N3O/c1-10-7-13(18-15(17-10)9-16-2)11-3-4-14-12(8-11)5-6-19-14/h3-4,7-8,16H,5-6,9H2,1-2H3. The summed E-state index contributed by atoms with van der Waals surface area (Å²) in [5.41, 5.74) is 4.37. The van der Waals surface area contributed by atoms with Gasteiger partial charge in [0.15, 0.2) is 0 Å². The predicted molar refractivity (Wildman–Crippen MR) is 74.2 cm³/mol. The van der Waals surface area contributed by atoms with E-state index in [9.17, 15) is 0 Å². The number of hydrogen-bond donors (Lipinski definition) is 1. The number of ether oxygens (including phenoxy) is 1. The molecule has 1 aliphatic heterocycles. The minimum atomic E-state index is 0.683. The first-order valence-corrected chi connectivity index (χ1v) is 6.51. The summed E-state index contributed by atoms with van der Waals surface area (Å²) in [5, 5.41) is 3.09. The van der Waals surface area contributed by atoms with Crippen molar-refractivity contribution in [3.63, 3.8) is 0 Å². The summed E-state index contributed by atoms with van der Waals surface area (Å²) in [7, 11) is 1.90. The predicted octanol–water partition coefficient (Wildman–Crippen LogP) is 2.11. The van der Waals surface area contributed by atoms with Crippen molar-refractivity contribution in [2.24, 2.45) is 0 Å². The third-order valence-electron chi connectivity index (χ3n) is 3.22. The van der Waals surface area contributed by atoms with Crippen molar-refractivity contribution in [3.8, 4) is 17.0 Å². The van der Waals surface area contributed by atoms with Crippen LogP contribution < -0.4 is 10.1 Å². The smallest absolute Gasteiger partial charge is 0.143 e. The van der Waals surface area contributed by atoms with Gasteiger partial charge >= 0.3 is 0 Å². The molecule has 0 saturated carbocycles. The van der Waals surface area contributed by atoms with E-state index < -0.39 is 0 Å². The van der Waals surface area contributed by atoms with Crippen LogP contribution in [0.4, 0.5) is 0 Å². The summed E-state index contributed by atoms with van der Waals surface area (Å²) in [6.45, 7) is 3.47. The molecule has 0 spiro atoms. The van der Waals surface area contributed by atoms with Gasteiger partial charge in [-0.3, -0.25) is 0 Å². The Kier molecular flexibility index (Phi) is 3.17. The highest BCUT2D eigenvalue weighted by molar-refractivity contribution is 5.63. The van der Waals surface area contributed by atoms with Gasteiger partial charge in [-0.05, 0) is 43.8 Å². The topological polar surface area (TPSA) is 47.0 Å². The molecule has 0 unspecified atom stereocenters. The zero-order valence-corrected chi connectivity index (χ0v) is 11.2. The lowest BCUT2D eigenvalue weighted by Crippen LogP contribution is -2.10. The summed E-state index contributed by atoms with van der Waals surface area (Å²) in [5.74, 6) is 1.83. The minimum absolute atomic E-state index is 0.683. The minimum Gasteiger partial charge on any atom is -0.493 e. The third kappa shape index (κ3) is 2.44. The lowest BCUT2D eigenvalue weighted by atomic mass is 10.1. The van der Waals surface area contributed by atoms with Crippen LogP contribution in [0.25, 0.3) is 11.3 Å². The number of hydrogen-bond acceptors (Lipinski definition) is 4. The Labute approximate surface area is 112 Å². The molecule has 4 heteroatoms. The van der Waals surface area contributed by atoms with Crippen LogP contribution in [0.3, 0.4) is 0 Å². The first-order valence-electron chi connectivity index (χ1n) is 6.51. The molecule has 4 nitrogen and oxygen atoms in total. The molecule has 2 heterocycles.